The van der Waals surface area contributed by atoms with Crippen LogP contribution in [0.25, 0.3) is 0 Å². The molecule has 1 heterocycles. The summed E-state index contributed by atoms with van der Waals surface area (Å²) >= 11 is 0. The largest absolute Gasteiger partial charge is 0.353 e. The normalized spacial score (nSPS) is 23.0. The Labute approximate surface area is 142 Å². The molecule has 2 aliphatic rings. The molecule has 2 rings (SSSR count). The van der Waals surface area contributed by atoms with Gasteiger partial charge in [0.2, 0.25) is 11.8 Å². The lowest BCUT2D eigenvalue weighted by Gasteiger charge is -2.35. The fraction of sp³-hybridized carbons (Fsp3) is 0.882. The first kappa shape index (κ1) is 18.9. The van der Waals surface area contributed by atoms with Gasteiger partial charge in [-0.3, -0.25) is 4.79 Å². The van der Waals surface area contributed by atoms with E-state index in [1.165, 1.54) is 0 Å². The van der Waals surface area contributed by atoms with Crippen molar-refractivity contribution in [1.29, 1.82) is 0 Å². The number of likely N-dealkylation sites (tertiary alicyclic amines) is 1. The standard InChI is InChI=1S/C17H29F2N3O2/c1-16(2,3)21-15(24)22-10-6-13(7-11-22)20-14(23)12-4-8-17(18,19)9-5-12/h12-13H,4-11H2,1-3H3,(H,20,23)(H,21,24). The van der Waals surface area contributed by atoms with Crippen molar-refractivity contribution in [3.8, 4) is 0 Å². The third-order valence-electron chi connectivity index (χ3n) is 4.70. The third-order valence-corrected chi connectivity index (χ3v) is 4.70. The number of nitrogens with zero attached hydrogens (tertiary/aromatic N) is 1. The zero-order chi connectivity index (χ0) is 18.0. The Morgan fingerprint density at radius 3 is 2.08 bits per heavy atom. The van der Waals surface area contributed by atoms with Crippen LogP contribution in [-0.4, -0.2) is 47.4 Å². The van der Waals surface area contributed by atoms with Crippen molar-refractivity contribution in [2.45, 2.75) is 76.8 Å². The molecule has 0 bridgehead atoms. The highest BCUT2D eigenvalue weighted by atomic mass is 19.3. The molecule has 1 saturated carbocycles. The van der Waals surface area contributed by atoms with Gasteiger partial charge in [0.15, 0.2) is 0 Å². The Kier molecular flexibility index (Phi) is 5.71. The van der Waals surface area contributed by atoms with E-state index in [1.54, 1.807) is 4.90 Å². The molecule has 0 radical (unpaired) electrons. The molecule has 5 nitrogen and oxygen atoms in total. The van der Waals surface area contributed by atoms with Crippen LogP contribution < -0.4 is 10.6 Å². The van der Waals surface area contributed by atoms with Gasteiger partial charge in [-0.25, -0.2) is 13.6 Å². The summed E-state index contributed by atoms with van der Waals surface area (Å²) in [6.45, 7) is 6.99. The minimum Gasteiger partial charge on any atom is -0.353 e. The van der Waals surface area contributed by atoms with Crippen LogP contribution in [0.5, 0.6) is 0 Å². The van der Waals surface area contributed by atoms with Crippen molar-refractivity contribution in [1.82, 2.24) is 15.5 Å². The molecular weight excluding hydrogens is 316 g/mol. The lowest BCUT2D eigenvalue weighted by Crippen LogP contribution is -2.53. The minimum absolute atomic E-state index is 0.0265. The highest BCUT2D eigenvalue weighted by Gasteiger charge is 2.38. The summed E-state index contributed by atoms with van der Waals surface area (Å²) < 4.78 is 26.3. The van der Waals surface area contributed by atoms with E-state index in [0.29, 0.717) is 25.9 Å². The summed E-state index contributed by atoms with van der Waals surface area (Å²) in [4.78, 5) is 26.1. The average molecular weight is 345 g/mol. The van der Waals surface area contributed by atoms with Crippen molar-refractivity contribution < 1.29 is 18.4 Å². The second kappa shape index (κ2) is 7.23. The number of rotatable bonds is 2. The number of alkyl halides is 2. The number of urea groups is 1. The van der Waals surface area contributed by atoms with E-state index in [2.05, 4.69) is 10.6 Å². The van der Waals surface area contributed by atoms with Gasteiger partial charge in [0.25, 0.3) is 0 Å². The first-order valence-electron chi connectivity index (χ1n) is 8.81. The zero-order valence-electron chi connectivity index (χ0n) is 14.8. The molecule has 0 aromatic rings. The molecule has 3 amide bonds. The predicted octanol–water partition coefficient (Wildman–Crippen LogP) is 2.90. The van der Waals surface area contributed by atoms with Crippen LogP contribution in [0.1, 0.15) is 59.3 Å². The molecule has 0 aromatic heterocycles. The number of halogens is 2. The van der Waals surface area contributed by atoms with E-state index in [1.807, 2.05) is 20.8 Å². The summed E-state index contributed by atoms with van der Waals surface area (Å²) in [5, 5.41) is 5.91. The number of hydrogen-bond acceptors (Lipinski definition) is 2. The van der Waals surface area contributed by atoms with Gasteiger partial charge >= 0.3 is 6.03 Å². The van der Waals surface area contributed by atoms with E-state index >= 15 is 0 Å². The first-order valence-corrected chi connectivity index (χ1v) is 8.81. The molecule has 7 heteroatoms. The monoisotopic (exact) mass is 345 g/mol. The zero-order valence-corrected chi connectivity index (χ0v) is 14.8. The van der Waals surface area contributed by atoms with Gasteiger partial charge in [0.1, 0.15) is 0 Å². The van der Waals surface area contributed by atoms with Gasteiger partial charge in [-0.1, -0.05) is 0 Å². The van der Waals surface area contributed by atoms with E-state index < -0.39 is 5.92 Å². The summed E-state index contributed by atoms with van der Waals surface area (Å²) in [6.07, 6.45) is 1.52. The molecule has 0 unspecified atom stereocenters. The Morgan fingerprint density at radius 2 is 1.58 bits per heavy atom. The second-order valence-electron chi connectivity index (χ2n) is 8.08. The molecule has 0 aromatic carbocycles. The molecular formula is C17H29F2N3O2. The first-order chi connectivity index (χ1) is 11.1. The van der Waals surface area contributed by atoms with Crippen LogP contribution >= 0.6 is 0 Å². The van der Waals surface area contributed by atoms with E-state index in [0.717, 1.165) is 0 Å². The maximum absolute atomic E-state index is 13.2. The molecule has 1 aliphatic heterocycles. The Balaban J connectivity index is 1.73. The summed E-state index contributed by atoms with van der Waals surface area (Å²) in [7, 11) is 0. The van der Waals surface area contributed by atoms with E-state index in [4.69, 9.17) is 0 Å². The summed E-state index contributed by atoms with van der Waals surface area (Å²) in [5.74, 6) is -3.02. The van der Waals surface area contributed by atoms with Gasteiger partial charge in [-0.2, -0.15) is 0 Å². The van der Waals surface area contributed by atoms with Gasteiger partial charge in [-0.05, 0) is 46.5 Å². The van der Waals surface area contributed by atoms with Crippen LogP contribution in [-0.2, 0) is 4.79 Å². The van der Waals surface area contributed by atoms with Crippen molar-refractivity contribution in [2.75, 3.05) is 13.1 Å². The molecule has 0 spiro atoms. The van der Waals surface area contributed by atoms with Crippen LogP contribution in [0.3, 0.4) is 0 Å². The van der Waals surface area contributed by atoms with Crippen LogP contribution in [0.4, 0.5) is 13.6 Å². The SMILES string of the molecule is CC(C)(C)NC(=O)N1CCC(NC(=O)C2CCC(F)(F)CC2)CC1. The Hall–Kier alpha value is -1.40. The Morgan fingerprint density at radius 1 is 1.04 bits per heavy atom. The number of nitrogens with one attached hydrogen (secondary N) is 2. The van der Waals surface area contributed by atoms with Crippen molar-refractivity contribution in [2.24, 2.45) is 5.92 Å². The van der Waals surface area contributed by atoms with Crippen LogP contribution in [0.15, 0.2) is 0 Å². The van der Waals surface area contributed by atoms with Crippen molar-refractivity contribution in [3.63, 3.8) is 0 Å². The number of piperidine rings is 1. The molecule has 1 saturated heterocycles. The van der Waals surface area contributed by atoms with Crippen molar-refractivity contribution in [3.05, 3.63) is 0 Å². The molecule has 2 N–H and O–H groups in total. The number of amides is 3. The molecule has 0 atom stereocenters. The number of carbonyl (C=O) groups is 2. The van der Waals surface area contributed by atoms with Gasteiger partial charge in [0.05, 0.1) is 0 Å². The van der Waals surface area contributed by atoms with E-state index in [9.17, 15) is 18.4 Å². The lowest BCUT2D eigenvalue weighted by molar-refractivity contribution is -0.130. The Bertz CT molecular complexity index is 459. The molecule has 2 fully saturated rings. The fourth-order valence-electron chi connectivity index (χ4n) is 3.25. The van der Waals surface area contributed by atoms with Crippen molar-refractivity contribution >= 4 is 11.9 Å². The van der Waals surface area contributed by atoms with E-state index in [-0.39, 0.29) is 55.1 Å². The lowest BCUT2D eigenvalue weighted by atomic mass is 9.86. The average Bonchev–Trinajstić information content (AvgIpc) is 2.46. The third kappa shape index (κ3) is 5.60. The minimum atomic E-state index is -2.61. The maximum atomic E-state index is 13.2. The van der Waals surface area contributed by atoms with Gasteiger partial charge in [0, 0.05) is 43.4 Å². The number of carbonyl (C=O) groups excluding carboxylic acids is 2. The quantitative estimate of drug-likeness (QED) is 0.808. The topological polar surface area (TPSA) is 61.4 Å². The number of hydrogen-bond donors (Lipinski definition) is 2. The highest BCUT2D eigenvalue weighted by molar-refractivity contribution is 5.79. The second-order valence-corrected chi connectivity index (χ2v) is 8.08. The van der Waals surface area contributed by atoms with Gasteiger partial charge in [-0.15, -0.1) is 0 Å². The predicted molar refractivity (Wildman–Crippen MR) is 87.9 cm³/mol. The highest BCUT2D eigenvalue weighted by Crippen LogP contribution is 2.36. The summed E-state index contributed by atoms with van der Waals surface area (Å²) in [5.41, 5.74) is -0.273. The fourth-order valence-corrected chi connectivity index (χ4v) is 3.25. The smallest absolute Gasteiger partial charge is 0.317 e. The van der Waals surface area contributed by atoms with Gasteiger partial charge < -0.3 is 15.5 Å². The molecule has 1 aliphatic carbocycles. The maximum Gasteiger partial charge on any atom is 0.317 e. The molecule has 24 heavy (non-hydrogen) atoms. The molecule has 138 valence electrons. The summed E-state index contributed by atoms with van der Waals surface area (Å²) in [6, 6.07) is -0.0552. The van der Waals surface area contributed by atoms with Crippen LogP contribution in [0, 0.1) is 5.92 Å². The van der Waals surface area contributed by atoms with Crippen LogP contribution in [0.2, 0.25) is 0 Å².